The van der Waals surface area contributed by atoms with Crippen LogP contribution in [-0.2, 0) is 11.2 Å². The maximum atomic E-state index is 13.8. The molecule has 0 bridgehead atoms. The Hall–Kier alpha value is -0.930. The monoisotopic (exact) mass is 281 g/mol. The lowest BCUT2D eigenvalue weighted by Crippen LogP contribution is -2.43. The topological polar surface area (TPSA) is 21.3 Å². The van der Waals surface area contributed by atoms with Crippen molar-refractivity contribution in [3.8, 4) is 0 Å². The molecular formula is C17H28FNO. The molecule has 0 radical (unpaired) electrons. The number of halogens is 1. The summed E-state index contributed by atoms with van der Waals surface area (Å²) in [4.78, 5) is 0. The highest BCUT2D eigenvalue weighted by Crippen LogP contribution is 2.15. The smallest absolute Gasteiger partial charge is 0.126 e. The third-order valence-corrected chi connectivity index (χ3v) is 3.46. The van der Waals surface area contributed by atoms with Gasteiger partial charge in [-0.15, -0.1) is 0 Å². The zero-order chi connectivity index (χ0) is 14.8. The van der Waals surface area contributed by atoms with Crippen LogP contribution >= 0.6 is 0 Å². The molecular weight excluding hydrogens is 253 g/mol. The van der Waals surface area contributed by atoms with Gasteiger partial charge in [0.05, 0.1) is 6.10 Å². The van der Waals surface area contributed by atoms with Crippen molar-refractivity contribution in [2.45, 2.75) is 58.6 Å². The van der Waals surface area contributed by atoms with Gasteiger partial charge in [-0.25, -0.2) is 4.39 Å². The van der Waals surface area contributed by atoms with Crippen LogP contribution in [0.4, 0.5) is 4.39 Å². The molecule has 1 rings (SSSR count). The quantitative estimate of drug-likeness (QED) is 0.701. The number of rotatable bonds is 10. The third-order valence-electron chi connectivity index (χ3n) is 3.46. The number of hydrogen-bond donors (Lipinski definition) is 1. The number of benzene rings is 1. The van der Waals surface area contributed by atoms with E-state index in [1.807, 2.05) is 19.1 Å². The fourth-order valence-corrected chi connectivity index (χ4v) is 2.46. The Bertz CT molecular complexity index is 364. The minimum absolute atomic E-state index is 0.123. The van der Waals surface area contributed by atoms with E-state index in [-0.39, 0.29) is 18.0 Å². The number of hydrogen-bond acceptors (Lipinski definition) is 2. The SMILES string of the molecule is CCCNC(Cc1ccccc1F)C(CCC)OCC. The second-order valence-corrected chi connectivity index (χ2v) is 5.14. The summed E-state index contributed by atoms with van der Waals surface area (Å²) in [6.07, 6.45) is 3.97. The van der Waals surface area contributed by atoms with E-state index in [9.17, 15) is 4.39 Å². The van der Waals surface area contributed by atoms with Crippen LogP contribution in [0, 0.1) is 5.82 Å². The number of ether oxygens (including phenoxy) is 1. The minimum atomic E-state index is -0.123. The van der Waals surface area contributed by atoms with E-state index in [0.717, 1.165) is 31.4 Å². The Morgan fingerprint density at radius 3 is 2.50 bits per heavy atom. The first-order valence-corrected chi connectivity index (χ1v) is 7.81. The van der Waals surface area contributed by atoms with Crippen molar-refractivity contribution >= 4 is 0 Å². The lowest BCUT2D eigenvalue weighted by molar-refractivity contribution is 0.0280. The summed E-state index contributed by atoms with van der Waals surface area (Å²) in [6, 6.07) is 7.20. The molecule has 3 heteroatoms. The first-order chi connectivity index (χ1) is 9.72. The van der Waals surface area contributed by atoms with Crippen LogP contribution in [0.25, 0.3) is 0 Å². The lowest BCUT2D eigenvalue weighted by atomic mass is 9.97. The fourth-order valence-electron chi connectivity index (χ4n) is 2.46. The van der Waals surface area contributed by atoms with E-state index >= 15 is 0 Å². The van der Waals surface area contributed by atoms with Crippen LogP contribution in [0.2, 0.25) is 0 Å². The average Bonchev–Trinajstić information content (AvgIpc) is 2.45. The van der Waals surface area contributed by atoms with Crippen molar-refractivity contribution < 1.29 is 9.13 Å². The molecule has 1 aromatic carbocycles. The van der Waals surface area contributed by atoms with Crippen LogP contribution in [0.3, 0.4) is 0 Å². The van der Waals surface area contributed by atoms with Gasteiger partial charge in [0, 0.05) is 12.6 Å². The molecule has 0 aliphatic carbocycles. The molecule has 1 aromatic rings. The maximum Gasteiger partial charge on any atom is 0.126 e. The predicted octanol–water partition coefficient (Wildman–Crippen LogP) is 3.94. The summed E-state index contributed by atoms with van der Waals surface area (Å²) < 4.78 is 19.7. The Labute approximate surface area is 122 Å². The molecule has 0 saturated heterocycles. The van der Waals surface area contributed by atoms with Crippen molar-refractivity contribution in [1.82, 2.24) is 5.32 Å². The minimum Gasteiger partial charge on any atom is -0.377 e. The summed E-state index contributed by atoms with van der Waals surface area (Å²) in [5.74, 6) is -0.123. The summed E-state index contributed by atoms with van der Waals surface area (Å²) in [5, 5.41) is 3.52. The molecule has 2 nitrogen and oxygen atoms in total. The van der Waals surface area contributed by atoms with Crippen LogP contribution in [-0.4, -0.2) is 25.3 Å². The summed E-state index contributed by atoms with van der Waals surface area (Å²) in [6.45, 7) is 7.95. The highest BCUT2D eigenvalue weighted by molar-refractivity contribution is 5.18. The molecule has 0 amide bonds. The van der Waals surface area contributed by atoms with Gasteiger partial charge >= 0.3 is 0 Å². The van der Waals surface area contributed by atoms with E-state index in [4.69, 9.17) is 4.74 Å². The third kappa shape index (κ3) is 5.59. The molecule has 1 N–H and O–H groups in total. The molecule has 0 aromatic heterocycles. The fraction of sp³-hybridized carbons (Fsp3) is 0.647. The maximum absolute atomic E-state index is 13.8. The van der Waals surface area contributed by atoms with Crippen molar-refractivity contribution in [3.63, 3.8) is 0 Å². The van der Waals surface area contributed by atoms with Gasteiger partial charge in [-0.05, 0) is 44.4 Å². The van der Waals surface area contributed by atoms with Gasteiger partial charge in [-0.1, -0.05) is 38.5 Å². The molecule has 0 heterocycles. The highest BCUT2D eigenvalue weighted by Gasteiger charge is 2.22. The Balaban J connectivity index is 2.78. The molecule has 0 aliphatic rings. The van der Waals surface area contributed by atoms with Gasteiger partial charge in [0.15, 0.2) is 0 Å². The predicted molar refractivity (Wildman–Crippen MR) is 82.5 cm³/mol. The normalized spacial score (nSPS) is 14.2. The largest absolute Gasteiger partial charge is 0.377 e. The first-order valence-electron chi connectivity index (χ1n) is 7.81. The molecule has 2 unspecified atom stereocenters. The van der Waals surface area contributed by atoms with E-state index in [0.29, 0.717) is 13.0 Å². The van der Waals surface area contributed by atoms with Crippen LogP contribution < -0.4 is 5.32 Å². The van der Waals surface area contributed by atoms with Gasteiger partial charge < -0.3 is 10.1 Å². The lowest BCUT2D eigenvalue weighted by Gasteiger charge is -2.28. The molecule has 0 spiro atoms. The Kier molecular flexibility index (Phi) is 8.47. The van der Waals surface area contributed by atoms with Crippen LogP contribution in [0.1, 0.15) is 45.6 Å². The summed E-state index contributed by atoms with van der Waals surface area (Å²) in [5.41, 5.74) is 0.766. The van der Waals surface area contributed by atoms with E-state index in [1.165, 1.54) is 6.07 Å². The standard InChI is InChI=1S/C17H28FNO/c1-4-9-17(20-6-3)16(19-12-5-2)13-14-10-7-8-11-15(14)18/h7-8,10-11,16-17,19H,4-6,9,12-13H2,1-3H3. The second kappa shape index (κ2) is 9.89. The zero-order valence-corrected chi connectivity index (χ0v) is 13.0. The molecule has 20 heavy (non-hydrogen) atoms. The average molecular weight is 281 g/mol. The Morgan fingerprint density at radius 2 is 1.90 bits per heavy atom. The Morgan fingerprint density at radius 1 is 1.15 bits per heavy atom. The van der Waals surface area contributed by atoms with Crippen molar-refractivity contribution in [2.24, 2.45) is 0 Å². The van der Waals surface area contributed by atoms with Gasteiger partial charge in [-0.2, -0.15) is 0 Å². The second-order valence-electron chi connectivity index (χ2n) is 5.14. The molecule has 0 saturated carbocycles. The first kappa shape index (κ1) is 17.1. The summed E-state index contributed by atoms with van der Waals surface area (Å²) in [7, 11) is 0. The molecule has 2 atom stereocenters. The number of nitrogens with one attached hydrogen (secondary N) is 1. The highest BCUT2D eigenvalue weighted by atomic mass is 19.1. The molecule has 114 valence electrons. The van der Waals surface area contributed by atoms with Gasteiger partial charge in [0.2, 0.25) is 0 Å². The van der Waals surface area contributed by atoms with Crippen LogP contribution in [0.5, 0.6) is 0 Å². The van der Waals surface area contributed by atoms with Crippen LogP contribution in [0.15, 0.2) is 24.3 Å². The van der Waals surface area contributed by atoms with E-state index in [1.54, 1.807) is 6.07 Å². The molecule has 0 fully saturated rings. The van der Waals surface area contributed by atoms with Gasteiger partial charge in [-0.3, -0.25) is 0 Å². The van der Waals surface area contributed by atoms with Crippen molar-refractivity contribution in [2.75, 3.05) is 13.2 Å². The molecule has 0 aliphatic heterocycles. The van der Waals surface area contributed by atoms with E-state index < -0.39 is 0 Å². The zero-order valence-electron chi connectivity index (χ0n) is 13.0. The van der Waals surface area contributed by atoms with E-state index in [2.05, 4.69) is 19.2 Å². The van der Waals surface area contributed by atoms with Crippen molar-refractivity contribution in [3.05, 3.63) is 35.6 Å². The summed E-state index contributed by atoms with van der Waals surface area (Å²) >= 11 is 0. The van der Waals surface area contributed by atoms with Gasteiger partial charge in [0.25, 0.3) is 0 Å². The van der Waals surface area contributed by atoms with Crippen molar-refractivity contribution in [1.29, 1.82) is 0 Å². The van der Waals surface area contributed by atoms with Gasteiger partial charge in [0.1, 0.15) is 5.82 Å².